The fourth-order valence-corrected chi connectivity index (χ4v) is 9.64. The van der Waals surface area contributed by atoms with E-state index >= 15 is 0 Å². The average Bonchev–Trinajstić information content (AvgIpc) is 3.38. The molecular weight excluding hydrogens is 957 g/mol. The van der Waals surface area contributed by atoms with Crippen molar-refractivity contribution < 1.29 is 56.2 Å². The second-order valence-electron chi connectivity index (χ2n) is 20.6. The Kier molecular flexibility index (Phi) is 48.6. The maximum Gasteiger partial charge on any atom is 0.397 e. The summed E-state index contributed by atoms with van der Waals surface area (Å²) in [5.41, 5.74) is 0. The number of allylic oxidation sites excluding steroid dienone is 10. The van der Waals surface area contributed by atoms with Gasteiger partial charge in [0.15, 0.2) is 6.29 Å². The number of unbranched alkanes of at least 4 members (excludes halogenated alkanes) is 30. The molecule has 0 spiro atoms. The summed E-state index contributed by atoms with van der Waals surface area (Å²) >= 11 is 0. The maximum absolute atomic E-state index is 13.0. The first kappa shape index (κ1) is 69.8. The van der Waals surface area contributed by atoms with E-state index in [0.717, 1.165) is 70.6 Å². The van der Waals surface area contributed by atoms with Crippen LogP contribution in [0.5, 0.6) is 0 Å². The van der Waals surface area contributed by atoms with E-state index in [4.69, 9.17) is 18.9 Å². The summed E-state index contributed by atoms with van der Waals surface area (Å²) in [5, 5.41) is 30.9. The van der Waals surface area contributed by atoms with Gasteiger partial charge < -0.3 is 34.3 Å². The number of ether oxygens (including phenoxy) is 4. The summed E-state index contributed by atoms with van der Waals surface area (Å²) in [6.45, 7) is 3.92. The van der Waals surface area contributed by atoms with Crippen LogP contribution in [0.2, 0.25) is 0 Å². The molecule has 1 fully saturated rings. The lowest BCUT2D eigenvalue weighted by Gasteiger charge is -2.41. The predicted molar refractivity (Wildman–Crippen MR) is 303 cm³/mol. The fourth-order valence-electron chi connectivity index (χ4n) is 9.13. The lowest BCUT2D eigenvalue weighted by molar-refractivity contribution is -0.301. The molecule has 6 atom stereocenters. The van der Waals surface area contributed by atoms with E-state index in [9.17, 15) is 33.1 Å². The van der Waals surface area contributed by atoms with Gasteiger partial charge in [-0.1, -0.05) is 235 Å². The molecule has 0 aromatic carbocycles. The minimum absolute atomic E-state index is 0.0344. The minimum Gasteiger partial charge on any atom is -0.457 e. The molecule has 1 heterocycles. The molecule has 1 aliphatic rings. The van der Waals surface area contributed by atoms with Crippen LogP contribution in [0.4, 0.5) is 0 Å². The molecule has 0 amide bonds. The van der Waals surface area contributed by atoms with Gasteiger partial charge in [0.1, 0.15) is 30.5 Å². The number of hydrogen-bond acceptors (Lipinski definition) is 11. The van der Waals surface area contributed by atoms with Crippen molar-refractivity contribution in [1.29, 1.82) is 0 Å². The molecule has 0 aromatic rings. The molecule has 1 aliphatic heterocycles. The Morgan fingerprint density at radius 3 is 1.38 bits per heavy atom. The zero-order valence-electron chi connectivity index (χ0n) is 46.9. The first-order chi connectivity index (χ1) is 36.1. The number of aliphatic hydroxyl groups excluding tert-OH is 3. The fraction of sp³-hybridized carbons (Fsp3) is 0.820. The molecule has 0 aliphatic carbocycles. The third-order valence-electron chi connectivity index (χ3n) is 13.6. The van der Waals surface area contributed by atoms with Gasteiger partial charge in [0.25, 0.3) is 0 Å². The van der Waals surface area contributed by atoms with Crippen LogP contribution in [0.3, 0.4) is 0 Å². The summed E-state index contributed by atoms with van der Waals surface area (Å²) in [4.78, 5) is 13.0. The molecule has 432 valence electrons. The van der Waals surface area contributed by atoms with Crippen molar-refractivity contribution in [2.75, 3.05) is 26.4 Å². The standard InChI is InChI=1S/C61H110O12S/c1-3-5-7-9-11-13-15-17-19-21-23-25-27-28-29-30-32-34-36-38-40-42-44-46-48-50-57(63)71-55(54-70-61-59(65)60(73-74(66,67)68)58(64)56(52-62)72-61)53-69-51-49-47-45-43-41-39-37-35-33-31-26-24-22-20-18-16-14-12-10-8-6-4-2/h5,7,11,13,17,19,22-25,55-56,58-62,64-65H,3-4,6,8-10,12,14-16,18,20-21,26-54H2,1-2H3,(H,66,67,68)/b7-5-,13-11-,19-17-,24-22-,25-23-. The van der Waals surface area contributed by atoms with Crippen molar-refractivity contribution in [3.8, 4) is 0 Å². The first-order valence-corrected chi connectivity index (χ1v) is 31.4. The van der Waals surface area contributed by atoms with Gasteiger partial charge in [-0.15, -0.1) is 0 Å². The van der Waals surface area contributed by atoms with Crippen LogP contribution in [-0.4, -0.2) is 97.5 Å². The highest BCUT2D eigenvalue weighted by atomic mass is 32.3. The predicted octanol–water partition coefficient (Wildman–Crippen LogP) is 15.2. The van der Waals surface area contributed by atoms with Crippen molar-refractivity contribution in [1.82, 2.24) is 0 Å². The van der Waals surface area contributed by atoms with Crippen LogP contribution in [0.15, 0.2) is 60.8 Å². The Morgan fingerprint density at radius 2 is 0.932 bits per heavy atom. The van der Waals surface area contributed by atoms with E-state index in [1.54, 1.807) is 0 Å². The summed E-state index contributed by atoms with van der Waals surface area (Å²) in [6.07, 6.45) is 58.3. The molecule has 1 rings (SSSR count). The lowest BCUT2D eigenvalue weighted by Crippen LogP contribution is -2.60. The van der Waals surface area contributed by atoms with Gasteiger partial charge in [0.05, 0.1) is 19.8 Å². The van der Waals surface area contributed by atoms with Gasteiger partial charge >= 0.3 is 16.4 Å². The number of carbonyl (C=O) groups is 1. The molecule has 1 saturated heterocycles. The highest BCUT2D eigenvalue weighted by molar-refractivity contribution is 7.80. The molecule has 13 heteroatoms. The summed E-state index contributed by atoms with van der Waals surface area (Å²) < 4.78 is 59.5. The maximum atomic E-state index is 13.0. The summed E-state index contributed by atoms with van der Waals surface area (Å²) in [5.74, 6) is -0.400. The SMILES string of the molecule is CC/C=C\C/C=C\C/C=C\C/C=C\CCCCCCCCCCCCCCC(=O)OC(COCCCCCCCCCCCC/C=C\CCCCCCCCCC)COC1OC(CO)C(O)C(OS(=O)(=O)O)C1O. The van der Waals surface area contributed by atoms with Gasteiger partial charge in [-0.05, 0) is 77.0 Å². The van der Waals surface area contributed by atoms with E-state index in [1.807, 2.05) is 0 Å². The van der Waals surface area contributed by atoms with Gasteiger partial charge in [0, 0.05) is 13.0 Å². The first-order valence-electron chi connectivity index (χ1n) is 30.0. The minimum atomic E-state index is -5.07. The molecular formula is C61H110O12S. The van der Waals surface area contributed by atoms with E-state index in [1.165, 1.54) is 161 Å². The lowest BCUT2D eigenvalue weighted by atomic mass is 9.99. The van der Waals surface area contributed by atoms with Gasteiger partial charge in [0.2, 0.25) is 0 Å². The Balaban J connectivity index is 2.28. The molecule has 74 heavy (non-hydrogen) atoms. The number of esters is 1. The van der Waals surface area contributed by atoms with Crippen LogP contribution in [0.25, 0.3) is 0 Å². The largest absolute Gasteiger partial charge is 0.457 e. The van der Waals surface area contributed by atoms with Crippen molar-refractivity contribution in [3.63, 3.8) is 0 Å². The molecule has 12 nitrogen and oxygen atoms in total. The van der Waals surface area contributed by atoms with E-state index in [2.05, 4.69) is 78.8 Å². The third kappa shape index (κ3) is 43.9. The van der Waals surface area contributed by atoms with Crippen molar-refractivity contribution in [3.05, 3.63) is 60.8 Å². The molecule has 0 saturated carbocycles. The topological polar surface area (TPSA) is 178 Å². The number of carbonyl (C=O) groups excluding carboxylic acids is 1. The summed E-state index contributed by atoms with van der Waals surface area (Å²) in [6, 6.07) is 0. The second kappa shape index (κ2) is 51.6. The smallest absolute Gasteiger partial charge is 0.397 e. The zero-order valence-corrected chi connectivity index (χ0v) is 47.7. The average molecular weight is 1070 g/mol. The third-order valence-corrected chi connectivity index (χ3v) is 14.1. The van der Waals surface area contributed by atoms with Gasteiger partial charge in [-0.2, -0.15) is 8.42 Å². The Morgan fingerprint density at radius 1 is 0.527 bits per heavy atom. The van der Waals surface area contributed by atoms with Crippen molar-refractivity contribution in [2.24, 2.45) is 0 Å². The van der Waals surface area contributed by atoms with Crippen LogP contribution in [0, 0.1) is 0 Å². The summed E-state index contributed by atoms with van der Waals surface area (Å²) in [7, 11) is -5.07. The molecule has 0 bridgehead atoms. The van der Waals surface area contributed by atoms with E-state index in [0.29, 0.717) is 13.0 Å². The van der Waals surface area contributed by atoms with Crippen LogP contribution in [0.1, 0.15) is 258 Å². The monoisotopic (exact) mass is 1070 g/mol. The normalized spacial score (nSPS) is 19.1. The molecule has 0 aromatic heterocycles. The number of hydrogen-bond donors (Lipinski definition) is 4. The molecule has 4 N–H and O–H groups in total. The van der Waals surface area contributed by atoms with Crippen LogP contribution in [-0.2, 0) is 38.3 Å². The number of aliphatic hydroxyl groups is 3. The van der Waals surface area contributed by atoms with Gasteiger partial charge in [-0.25, -0.2) is 4.18 Å². The molecule has 0 radical (unpaired) electrons. The van der Waals surface area contributed by atoms with Crippen LogP contribution >= 0.6 is 0 Å². The van der Waals surface area contributed by atoms with Gasteiger partial charge in [-0.3, -0.25) is 9.35 Å². The Labute approximate surface area is 452 Å². The Bertz CT molecular complexity index is 1510. The van der Waals surface area contributed by atoms with E-state index < -0.39 is 59.8 Å². The van der Waals surface area contributed by atoms with Crippen molar-refractivity contribution >= 4 is 16.4 Å². The zero-order chi connectivity index (χ0) is 53.8. The Hall–Kier alpha value is -2.20. The van der Waals surface area contributed by atoms with Crippen LogP contribution < -0.4 is 0 Å². The number of rotatable bonds is 53. The molecule has 6 unspecified atom stereocenters. The second-order valence-corrected chi connectivity index (χ2v) is 21.6. The van der Waals surface area contributed by atoms with Crippen molar-refractivity contribution in [2.45, 2.75) is 295 Å². The van der Waals surface area contributed by atoms with E-state index in [-0.39, 0.29) is 19.6 Å². The highest BCUT2D eigenvalue weighted by Gasteiger charge is 2.48. The highest BCUT2D eigenvalue weighted by Crippen LogP contribution is 2.26. The quantitative estimate of drug-likeness (QED) is 0.0196.